The van der Waals surface area contributed by atoms with Crippen molar-refractivity contribution in [3.8, 4) is 17.0 Å². The van der Waals surface area contributed by atoms with Crippen LogP contribution in [0.3, 0.4) is 0 Å². The van der Waals surface area contributed by atoms with Crippen LogP contribution in [-0.2, 0) is 6.42 Å². The molecule has 0 spiro atoms. The Bertz CT molecular complexity index is 698. The Morgan fingerprint density at radius 3 is 2.17 bits per heavy atom. The van der Waals surface area contributed by atoms with E-state index in [4.69, 9.17) is 4.74 Å². The maximum absolute atomic E-state index is 6.00. The number of aromatic nitrogens is 1. The van der Waals surface area contributed by atoms with Crippen LogP contribution < -0.4 is 4.74 Å². The molecule has 1 aromatic heterocycles. The van der Waals surface area contributed by atoms with E-state index < -0.39 is 0 Å². The summed E-state index contributed by atoms with van der Waals surface area (Å²) in [6.45, 7) is 5.39. The van der Waals surface area contributed by atoms with Crippen LogP contribution in [0.2, 0.25) is 0 Å². The van der Waals surface area contributed by atoms with Crippen molar-refractivity contribution in [1.29, 1.82) is 0 Å². The second-order valence-corrected chi connectivity index (χ2v) is 9.20. The molecule has 0 aliphatic heterocycles. The minimum absolute atomic E-state index is 0.832. The zero-order chi connectivity index (χ0) is 21.0. The molecule has 1 heterocycles. The summed E-state index contributed by atoms with van der Waals surface area (Å²) in [7, 11) is 0. The first-order valence-electron chi connectivity index (χ1n) is 12.5. The van der Waals surface area contributed by atoms with E-state index in [0.717, 1.165) is 41.9 Å². The lowest BCUT2D eigenvalue weighted by molar-refractivity contribution is 0.230. The van der Waals surface area contributed by atoms with Crippen LogP contribution in [0, 0.1) is 11.8 Å². The lowest BCUT2D eigenvalue weighted by Gasteiger charge is -2.28. The number of unbranched alkanes of at least 4 members (excludes halogenated alkanes) is 2. The van der Waals surface area contributed by atoms with Crippen molar-refractivity contribution < 1.29 is 4.74 Å². The van der Waals surface area contributed by atoms with Gasteiger partial charge in [-0.1, -0.05) is 71.3 Å². The second kappa shape index (κ2) is 12.8. The molecule has 1 saturated carbocycles. The van der Waals surface area contributed by atoms with Crippen molar-refractivity contribution in [2.75, 3.05) is 6.61 Å². The highest BCUT2D eigenvalue weighted by atomic mass is 16.5. The van der Waals surface area contributed by atoms with Gasteiger partial charge in [-0.3, -0.25) is 4.98 Å². The van der Waals surface area contributed by atoms with E-state index in [1.54, 1.807) is 0 Å². The van der Waals surface area contributed by atoms with Gasteiger partial charge in [0.05, 0.1) is 12.3 Å². The summed E-state index contributed by atoms with van der Waals surface area (Å²) in [5.74, 6) is 2.91. The first-order valence-corrected chi connectivity index (χ1v) is 12.5. The van der Waals surface area contributed by atoms with Crippen LogP contribution in [0.5, 0.6) is 5.75 Å². The van der Waals surface area contributed by atoms with Gasteiger partial charge in [0.2, 0.25) is 0 Å². The van der Waals surface area contributed by atoms with Crippen molar-refractivity contribution >= 4 is 0 Å². The van der Waals surface area contributed by atoms with Gasteiger partial charge in [-0.2, -0.15) is 0 Å². The van der Waals surface area contributed by atoms with Crippen molar-refractivity contribution in [1.82, 2.24) is 4.98 Å². The van der Waals surface area contributed by atoms with E-state index in [1.165, 1.54) is 76.2 Å². The number of ether oxygens (including phenoxy) is 1. The van der Waals surface area contributed by atoms with E-state index in [0.29, 0.717) is 0 Å². The fraction of sp³-hybridized carbons (Fsp3) is 0.607. The normalized spacial score (nSPS) is 19.0. The molecule has 0 amide bonds. The van der Waals surface area contributed by atoms with Gasteiger partial charge in [-0.15, -0.1) is 0 Å². The smallest absolute Gasteiger partial charge is 0.119 e. The summed E-state index contributed by atoms with van der Waals surface area (Å²) in [6, 6.07) is 12.8. The fourth-order valence-electron chi connectivity index (χ4n) is 4.82. The number of pyridine rings is 1. The van der Waals surface area contributed by atoms with Gasteiger partial charge in [0, 0.05) is 11.8 Å². The Kier molecular flexibility index (Phi) is 9.73. The number of hydrogen-bond acceptors (Lipinski definition) is 2. The number of aryl methyl sites for hydroxylation is 1. The molecule has 2 heteroatoms. The largest absolute Gasteiger partial charge is 0.494 e. The molecule has 1 fully saturated rings. The van der Waals surface area contributed by atoms with Crippen LogP contribution in [0.15, 0.2) is 42.6 Å². The number of rotatable bonds is 12. The molecule has 30 heavy (non-hydrogen) atoms. The van der Waals surface area contributed by atoms with Crippen molar-refractivity contribution in [2.24, 2.45) is 11.8 Å². The summed E-state index contributed by atoms with van der Waals surface area (Å²) < 4.78 is 6.00. The van der Waals surface area contributed by atoms with Crippen LogP contribution >= 0.6 is 0 Å². The molecule has 1 aliphatic rings. The summed E-state index contributed by atoms with van der Waals surface area (Å²) >= 11 is 0. The van der Waals surface area contributed by atoms with E-state index in [2.05, 4.69) is 55.2 Å². The van der Waals surface area contributed by atoms with Crippen molar-refractivity contribution in [3.63, 3.8) is 0 Å². The van der Waals surface area contributed by atoms with E-state index in [9.17, 15) is 0 Å². The lowest BCUT2D eigenvalue weighted by atomic mass is 9.78. The molecule has 2 aromatic rings. The average molecular weight is 408 g/mol. The van der Waals surface area contributed by atoms with E-state index in [-0.39, 0.29) is 0 Å². The zero-order valence-corrected chi connectivity index (χ0v) is 19.2. The number of hydrogen-bond donors (Lipinski definition) is 0. The predicted octanol–water partition coefficient (Wildman–Crippen LogP) is 8.25. The van der Waals surface area contributed by atoms with Crippen LogP contribution in [0.1, 0.15) is 90.0 Å². The van der Waals surface area contributed by atoms with Crippen molar-refractivity contribution in [2.45, 2.75) is 90.9 Å². The van der Waals surface area contributed by atoms with Gasteiger partial charge in [-0.05, 0) is 73.4 Å². The maximum atomic E-state index is 6.00. The first-order chi connectivity index (χ1) is 14.8. The third-order valence-electron chi connectivity index (χ3n) is 6.73. The minimum Gasteiger partial charge on any atom is -0.494 e. The van der Waals surface area contributed by atoms with E-state index >= 15 is 0 Å². The van der Waals surface area contributed by atoms with Gasteiger partial charge < -0.3 is 4.74 Å². The molecular weight excluding hydrogens is 366 g/mol. The molecule has 1 aromatic carbocycles. The Balaban J connectivity index is 1.36. The quantitative estimate of drug-likeness (QED) is 0.330. The summed E-state index contributed by atoms with van der Waals surface area (Å²) in [4.78, 5) is 4.66. The minimum atomic E-state index is 0.832. The van der Waals surface area contributed by atoms with Crippen LogP contribution in [0.4, 0.5) is 0 Å². The van der Waals surface area contributed by atoms with Gasteiger partial charge in [-0.25, -0.2) is 0 Å². The Hall–Kier alpha value is -1.83. The van der Waals surface area contributed by atoms with Crippen LogP contribution in [0.25, 0.3) is 11.3 Å². The molecule has 0 radical (unpaired) electrons. The monoisotopic (exact) mass is 407 g/mol. The summed E-state index contributed by atoms with van der Waals surface area (Å²) in [6.07, 6.45) is 18.0. The van der Waals surface area contributed by atoms with Crippen LogP contribution in [-0.4, -0.2) is 11.6 Å². The Labute approximate surface area is 184 Å². The number of benzene rings is 1. The van der Waals surface area contributed by atoms with Gasteiger partial charge >= 0.3 is 0 Å². The molecule has 164 valence electrons. The topological polar surface area (TPSA) is 22.1 Å². The highest BCUT2D eigenvalue weighted by Crippen LogP contribution is 2.33. The molecule has 2 nitrogen and oxygen atoms in total. The predicted molar refractivity (Wildman–Crippen MR) is 128 cm³/mol. The molecule has 1 aliphatic carbocycles. The fourth-order valence-corrected chi connectivity index (χ4v) is 4.82. The average Bonchev–Trinajstić information content (AvgIpc) is 2.79. The SMILES string of the molecule is CCCCCc1ccc(-c2ccc(OCCC[C@H]3CC[C@H](CCC)CC3)cc2)nc1. The van der Waals surface area contributed by atoms with E-state index in [1.807, 2.05) is 6.20 Å². The third-order valence-corrected chi connectivity index (χ3v) is 6.73. The van der Waals surface area contributed by atoms with Gasteiger partial charge in [0.25, 0.3) is 0 Å². The Morgan fingerprint density at radius 1 is 0.800 bits per heavy atom. The zero-order valence-electron chi connectivity index (χ0n) is 19.2. The Morgan fingerprint density at radius 2 is 1.53 bits per heavy atom. The molecule has 0 bridgehead atoms. The second-order valence-electron chi connectivity index (χ2n) is 9.20. The molecule has 0 unspecified atom stereocenters. The highest BCUT2D eigenvalue weighted by Gasteiger charge is 2.20. The lowest BCUT2D eigenvalue weighted by Crippen LogP contribution is -2.15. The molecule has 0 saturated heterocycles. The highest BCUT2D eigenvalue weighted by molar-refractivity contribution is 5.60. The molecule has 0 N–H and O–H groups in total. The maximum Gasteiger partial charge on any atom is 0.119 e. The molecular formula is C28H41NO. The summed E-state index contributed by atoms with van der Waals surface area (Å²) in [5, 5.41) is 0. The van der Waals surface area contributed by atoms with Gasteiger partial charge in [0.15, 0.2) is 0 Å². The van der Waals surface area contributed by atoms with Crippen molar-refractivity contribution in [3.05, 3.63) is 48.2 Å². The first kappa shape index (κ1) is 22.8. The molecule has 0 atom stereocenters. The standard InChI is InChI=1S/C28H41NO/c1-3-5-6-9-25-15-20-28(29-22-25)26-16-18-27(19-17-26)30-21-7-10-24-13-11-23(8-4-2)12-14-24/h15-20,22-24H,3-14,21H2,1-2H3/t23-,24-. The third kappa shape index (κ3) is 7.45. The molecule has 3 rings (SSSR count). The number of nitrogens with zero attached hydrogens (tertiary/aromatic N) is 1. The van der Waals surface area contributed by atoms with Gasteiger partial charge in [0.1, 0.15) is 5.75 Å². The summed E-state index contributed by atoms with van der Waals surface area (Å²) in [5.41, 5.74) is 3.54.